The number of fused-ring (bicyclic) bond motifs is 2. The zero-order valence-corrected chi connectivity index (χ0v) is 17.3. The Morgan fingerprint density at radius 2 is 1.93 bits per heavy atom. The van der Waals surface area contributed by atoms with Gasteiger partial charge in [-0.3, -0.25) is 19.4 Å². The molecule has 4 rings (SSSR count). The van der Waals surface area contributed by atoms with E-state index in [1.165, 1.54) is 17.4 Å². The fourth-order valence-corrected chi connectivity index (χ4v) is 4.20. The molecule has 3 heterocycles. The van der Waals surface area contributed by atoms with Crippen LogP contribution in [-0.2, 0) is 16.0 Å². The maximum absolute atomic E-state index is 13.2. The van der Waals surface area contributed by atoms with E-state index in [0.29, 0.717) is 24.3 Å². The van der Waals surface area contributed by atoms with Crippen LogP contribution in [0.4, 0.5) is 10.5 Å². The van der Waals surface area contributed by atoms with Gasteiger partial charge < -0.3 is 0 Å². The fraction of sp³-hybridized carbons (Fsp3) is 0.476. The first-order chi connectivity index (χ1) is 13.8. The molecule has 3 amide bonds. The highest BCUT2D eigenvalue weighted by atomic mass is 16.2. The molecular formula is C21H26N5O3+. The van der Waals surface area contributed by atoms with Crippen molar-refractivity contribution < 1.29 is 19.0 Å². The Morgan fingerprint density at radius 3 is 2.55 bits per heavy atom. The van der Waals surface area contributed by atoms with Crippen molar-refractivity contribution >= 4 is 35.2 Å². The minimum atomic E-state index is -0.674. The highest BCUT2D eigenvalue weighted by Gasteiger charge is 2.55. The maximum atomic E-state index is 13.2. The van der Waals surface area contributed by atoms with E-state index in [4.69, 9.17) is 4.99 Å². The van der Waals surface area contributed by atoms with Gasteiger partial charge in [-0.2, -0.15) is 0 Å². The number of aryl methyl sites for hydroxylation is 1. The number of aliphatic imine (C=N–C) groups is 1. The molecule has 3 aliphatic rings. The van der Waals surface area contributed by atoms with Crippen molar-refractivity contribution in [3.8, 4) is 0 Å². The van der Waals surface area contributed by atoms with E-state index in [2.05, 4.69) is 43.0 Å². The number of imide groups is 1. The number of hydrogen-bond acceptors (Lipinski definition) is 5. The Balaban J connectivity index is 1.75. The molecule has 152 valence electrons. The average Bonchev–Trinajstić information content (AvgIpc) is 3.08. The van der Waals surface area contributed by atoms with Crippen LogP contribution < -0.4 is 4.90 Å². The molecule has 2 atom stereocenters. The lowest BCUT2D eigenvalue weighted by molar-refractivity contribution is -0.545. The second-order valence-corrected chi connectivity index (χ2v) is 8.03. The normalized spacial score (nSPS) is 24.0. The standard InChI is InChI=1S/C21H26N5O3/c1-5-15-6-8-16(9-7-15)24-10-13(2)11-25-17-18(22-20(24)25)23(4)21(29)26(19(17)28)12-14(3)27/h6-9,13,17H,5,10-12H2,1-4H3/q+1. The summed E-state index contributed by atoms with van der Waals surface area (Å²) in [6, 6.07) is 7.17. The first kappa shape index (κ1) is 19.3. The molecule has 0 radical (unpaired) electrons. The lowest BCUT2D eigenvalue weighted by atomic mass is 10.1. The SMILES string of the molecule is CCc1ccc(N2CC(C)C[N+]3=C2N=C2C3C(=O)N(CC(C)=O)C(=O)N2C)cc1. The number of nitrogens with zero attached hydrogens (tertiary/aromatic N) is 5. The minimum absolute atomic E-state index is 0.216. The van der Waals surface area contributed by atoms with Gasteiger partial charge in [0.1, 0.15) is 11.5 Å². The summed E-state index contributed by atoms with van der Waals surface area (Å²) < 4.78 is 1.97. The third-order valence-electron chi connectivity index (χ3n) is 5.67. The predicted octanol–water partition coefficient (Wildman–Crippen LogP) is 1.34. The number of benzene rings is 1. The number of hydrogen-bond donors (Lipinski definition) is 0. The molecule has 0 N–H and O–H groups in total. The van der Waals surface area contributed by atoms with E-state index in [1.807, 2.05) is 4.58 Å². The highest BCUT2D eigenvalue weighted by Crippen LogP contribution is 2.28. The summed E-state index contributed by atoms with van der Waals surface area (Å²) in [5.41, 5.74) is 2.27. The molecular weight excluding hydrogens is 370 g/mol. The molecule has 0 aromatic heterocycles. The van der Waals surface area contributed by atoms with Gasteiger partial charge >= 0.3 is 12.0 Å². The van der Waals surface area contributed by atoms with Crippen LogP contribution in [0.15, 0.2) is 29.3 Å². The maximum Gasteiger partial charge on any atom is 0.397 e. The van der Waals surface area contributed by atoms with Crippen LogP contribution in [0.2, 0.25) is 0 Å². The second-order valence-electron chi connectivity index (χ2n) is 8.03. The minimum Gasteiger partial charge on any atom is -0.298 e. The number of likely N-dealkylation sites (N-methyl/N-ethyl adjacent to an activating group) is 1. The fourth-order valence-electron chi connectivity index (χ4n) is 4.20. The number of urea groups is 1. The number of amidine groups is 1. The topological polar surface area (TPSA) is 76.3 Å². The van der Waals surface area contributed by atoms with E-state index < -0.39 is 12.1 Å². The zero-order valence-electron chi connectivity index (χ0n) is 17.3. The van der Waals surface area contributed by atoms with Crippen LogP contribution in [0, 0.1) is 5.92 Å². The lowest BCUT2D eigenvalue weighted by Gasteiger charge is -2.35. The third kappa shape index (κ3) is 3.12. The van der Waals surface area contributed by atoms with Gasteiger partial charge in [-0.1, -0.05) is 31.0 Å². The number of carbonyl (C=O) groups is 3. The van der Waals surface area contributed by atoms with E-state index in [0.717, 1.165) is 23.6 Å². The Kier molecular flexibility index (Phi) is 4.72. The summed E-state index contributed by atoms with van der Waals surface area (Å²) in [5, 5.41) is 0. The number of amides is 3. The van der Waals surface area contributed by atoms with E-state index >= 15 is 0 Å². The Hall–Kier alpha value is -3.03. The Morgan fingerprint density at radius 1 is 1.24 bits per heavy atom. The second kappa shape index (κ2) is 7.09. The van der Waals surface area contributed by atoms with Crippen LogP contribution in [0.3, 0.4) is 0 Å². The summed E-state index contributed by atoms with van der Waals surface area (Å²) in [7, 11) is 1.61. The molecule has 8 heteroatoms. The smallest absolute Gasteiger partial charge is 0.298 e. The van der Waals surface area contributed by atoms with Gasteiger partial charge in [-0.25, -0.2) is 14.3 Å². The first-order valence-corrected chi connectivity index (χ1v) is 9.99. The van der Waals surface area contributed by atoms with Crippen molar-refractivity contribution in [2.24, 2.45) is 10.9 Å². The molecule has 3 aliphatic heterocycles. The van der Waals surface area contributed by atoms with Gasteiger partial charge in [0.25, 0.3) is 5.91 Å². The molecule has 2 unspecified atom stereocenters. The van der Waals surface area contributed by atoms with Gasteiger partial charge in [-0.05, 0) is 31.0 Å². The lowest BCUT2D eigenvalue weighted by Crippen LogP contribution is -2.64. The van der Waals surface area contributed by atoms with Crippen molar-refractivity contribution in [2.75, 3.05) is 31.6 Å². The number of anilines is 1. The van der Waals surface area contributed by atoms with Crippen LogP contribution in [0.5, 0.6) is 0 Å². The van der Waals surface area contributed by atoms with Crippen LogP contribution in [0.1, 0.15) is 26.3 Å². The van der Waals surface area contributed by atoms with Gasteiger partial charge in [0.15, 0.2) is 0 Å². The largest absolute Gasteiger partial charge is 0.397 e. The van der Waals surface area contributed by atoms with Crippen molar-refractivity contribution in [1.82, 2.24) is 9.80 Å². The molecule has 29 heavy (non-hydrogen) atoms. The van der Waals surface area contributed by atoms with Gasteiger partial charge in [0, 0.05) is 13.0 Å². The first-order valence-electron chi connectivity index (χ1n) is 9.99. The molecule has 1 aromatic carbocycles. The average molecular weight is 396 g/mol. The monoisotopic (exact) mass is 396 g/mol. The molecule has 0 saturated carbocycles. The zero-order chi connectivity index (χ0) is 20.9. The molecule has 1 aromatic rings. The van der Waals surface area contributed by atoms with Crippen molar-refractivity contribution in [3.63, 3.8) is 0 Å². The molecule has 1 saturated heterocycles. The number of ketones is 1. The summed E-state index contributed by atoms with van der Waals surface area (Å²) in [6.45, 7) is 6.86. The summed E-state index contributed by atoms with van der Waals surface area (Å²) >= 11 is 0. The summed E-state index contributed by atoms with van der Waals surface area (Å²) in [6.07, 6.45) is 0.969. The van der Waals surface area contributed by atoms with Gasteiger partial charge in [0.05, 0.1) is 19.6 Å². The van der Waals surface area contributed by atoms with Crippen LogP contribution >= 0.6 is 0 Å². The number of rotatable bonds is 4. The molecule has 0 bridgehead atoms. The number of Topliss-reactive ketones (excluding diaryl/α,β-unsaturated/α-hetero) is 1. The molecule has 8 nitrogen and oxygen atoms in total. The van der Waals surface area contributed by atoms with Crippen molar-refractivity contribution in [2.45, 2.75) is 33.2 Å². The molecule has 1 fully saturated rings. The highest BCUT2D eigenvalue weighted by molar-refractivity contribution is 6.24. The Labute approximate surface area is 170 Å². The van der Waals surface area contributed by atoms with Crippen molar-refractivity contribution in [1.29, 1.82) is 0 Å². The predicted molar refractivity (Wildman–Crippen MR) is 109 cm³/mol. The van der Waals surface area contributed by atoms with Crippen molar-refractivity contribution in [3.05, 3.63) is 29.8 Å². The quantitative estimate of drug-likeness (QED) is 0.720. The summed E-state index contributed by atoms with van der Waals surface area (Å²) in [4.78, 5) is 46.7. The third-order valence-corrected chi connectivity index (χ3v) is 5.67. The van der Waals surface area contributed by atoms with E-state index in [-0.39, 0.29) is 18.2 Å². The molecule has 0 aliphatic carbocycles. The van der Waals surface area contributed by atoms with Crippen LogP contribution in [-0.4, -0.2) is 76.6 Å². The van der Waals surface area contributed by atoms with Crippen LogP contribution in [0.25, 0.3) is 0 Å². The number of guanidine groups is 1. The Bertz CT molecular complexity index is 950. The van der Waals surface area contributed by atoms with Gasteiger partial charge in [-0.15, -0.1) is 0 Å². The van der Waals surface area contributed by atoms with E-state index in [1.54, 1.807) is 7.05 Å². The number of carbonyl (C=O) groups excluding carboxylic acids is 3. The molecule has 0 spiro atoms. The van der Waals surface area contributed by atoms with E-state index in [9.17, 15) is 14.4 Å². The summed E-state index contributed by atoms with van der Waals surface area (Å²) in [5.74, 6) is 0.806. The van der Waals surface area contributed by atoms with Gasteiger partial charge in [0.2, 0.25) is 11.9 Å².